The van der Waals surface area contributed by atoms with Crippen LogP contribution in [0.3, 0.4) is 0 Å². The lowest BCUT2D eigenvalue weighted by atomic mass is 9.94. The van der Waals surface area contributed by atoms with Gasteiger partial charge in [0.05, 0.1) is 5.71 Å². The Morgan fingerprint density at radius 2 is 1.82 bits per heavy atom. The van der Waals surface area contributed by atoms with Gasteiger partial charge in [0.25, 0.3) is 5.91 Å². The predicted octanol–water partition coefficient (Wildman–Crippen LogP) is 3.93. The molecular weight excluding hydrogens is 424 g/mol. The second-order valence-corrected chi connectivity index (χ2v) is 8.70. The highest BCUT2D eigenvalue weighted by molar-refractivity contribution is 6.04. The van der Waals surface area contributed by atoms with Gasteiger partial charge in [-0.25, -0.2) is 0 Å². The van der Waals surface area contributed by atoms with Gasteiger partial charge in [0.1, 0.15) is 11.5 Å². The van der Waals surface area contributed by atoms with Crippen molar-refractivity contribution in [2.75, 3.05) is 26.5 Å². The van der Waals surface area contributed by atoms with Crippen LogP contribution in [0.4, 0.5) is 0 Å². The van der Waals surface area contributed by atoms with Gasteiger partial charge in [-0.15, -0.1) is 0 Å². The molecule has 1 amide bonds. The number of hydrogen-bond donors (Lipinski definition) is 2. The number of phenolic OH excluding ortho intramolecular Hbond substituents is 2. The summed E-state index contributed by atoms with van der Waals surface area (Å²) in [5.41, 5.74) is 2.45. The van der Waals surface area contributed by atoms with Crippen LogP contribution in [-0.2, 0) is 16.1 Å². The summed E-state index contributed by atoms with van der Waals surface area (Å²) >= 11 is 0. The van der Waals surface area contributed by atoms with Crippen molar-refractivity contribution in [3.63, 3.8) is 0 Å². The maximum Gasteiger partial charge on any atom is 0.263 e. The number of phenols is 2. The van der Waals surface area contributed by atoms with E-state index in [-0.39, 0.29) is 36.7 Å². The van der Waals surface area contributed by atoms with Gasteiger partial charge in [0, 0.05) is 31.1 Å². The normalized spacial score (nSPS) is 15.7. The lowest BCUT2D eigenvalue weighted by Crippen LogP contribution is -2.37. The summed E-state index contributed by atoms with van der Waals surface area (Å²) in [6, 6.07) is 8.61. The number of amides is 1. The molecule has 2 aliphatic heterocycles. The SMILES string of the molecule is CC(C)c1cc(/C(Cc2ccc3c(c2)OCO3)=N\OCC(=O)N2CCCCC2)c(O)cc1O. The number of fused-ring (bicyclic) bond motifs is 1. The minimum Gasteiger partial charge on any atom is -0.508 e. The average Bonchev–Trinajstić information content (AvgIpc) is 3.27. The first-order valence-electron chi connectivity index (χ1n) is 11.3. The van der Waals surface area contributed by atoms with E-state index in [4.69, 9.17) is 14.3 Å². The van der Waals surface area contributed by atoms with E-state index < -0.39 is 0 Å². The smallest absolute Gasteiger partial charge is 0.263 e. The van der Waals surface area contributed by atoms with Gasteiger partial charge < -0.3 is 29.4 Å². The number of hydrogen-bond acceptors (Lipinski definition) is 7. The Morgan fingerprint density at radius 1 is 1.06 bits per heavy atom. The van der Waals surface area contributed by atoms with Crippen LogP contribution in [0, 0.1) is 0 Å². The van der Waals surface area contributed by atoms with Crippen LogP contribution in [0.1, 0.15) is 55.7 Å². The molecule has 2 heterocycles. The van der Waals surface area contributed by atoms with Crippen molar-refractivity contribution in [3.05, 3.63) is 47.0 Å². The molecule has 0 spiro atoms. The molecule has 176 valence electrons. The molecule has 1 fully saturated rings. The Morgan fingerprint density at radius 3 is 2.58 bits per heavy atom. The molecule has 0 atom stereocenters. The lowest BCUT2D eigenvalue weighted by Gasteiger charge is -2.26. The van der Waals surface area contributed by atoms with Crippen LogP contribution >= 0.6 is 0 Å². The van der Waals surface area contributed by atoms with Crippen LogP contribution in [-0.4, -0.2) is 53.2 Å². The molecule has 0 radical (unpaired) electrons. The molecule has 2 N–H and O–H groups in total. The Kier molecular flexibility index (Phi) is 6.91. The van der Waals surface area contributed by atoms with E-state index in [0.717, 1.165) is 37.9 Å². The summed E-state index contributed by atoms with van der Waals surface area (Å²) in [5.74, 6) is 1.18. The zero-order chi connectivity index (χ0) is 23.4. The van der Waals surface area contributed by atoms with E-state index in [1.54, 1.807) is 11.0 Å². The average molecular weight is 455 g/mol. The number of oxime groups is 1. The molecule has 4 rings (SSSR count). The number of aromatic hydroxyl groups is 2. The Labute approximate surface area is 193 Å². The predicted molar refractivity (Wildman–Crippen MR) is 123 cm³/mol. The number of benzene rings is 2. The summed E-state index contributed by atoms with van der Waals surface area (Å²) < 4.78 is 10.8. The lowest BCUT2D eigenvalue weighted by molar-refractivity contribution is -0.137. The van der Waals surface area contributed by atoms with E-state index in [9.17, 15) is 15.0 Å². The summed E-state index contributed by atoms with van der Waals surface area (Å²) in [5, 5.41) is 25.1. The standard InChI is InChI=1S/C25H30N2O6/c1-16(2)18-12-19(22(29)13-21(18)28)20(10-17-6-7-23-24(11-17)32-15-31-23)26-33-14-25(30)27-8-4-3-5-9-27/h6-7,11-13,16,28-29H,3-5,8-10,14-15H2,1-2H3/b26-20-. The first-order valence-corrected chi connectivity index (χ1v) is 11.3. The summed E-state index contributed by atoms with van der Waals surface area (Å²) in [7, 11) is 0. The third kappa shape index (κ3) is 5.32. The van der Waals surface area contributed by atoms with Crippen LogP contribution in [0.5, 0.6) is 23.0 Å². The van der Waals surface area contributed by atoms with Gasteiger partial charge in [0.15, 0.2) is 18.1 Å². The first kappa shape index (κ1) is 22.8. The summed E-state index contributed by atoms with van der Waals surface area (Å²) in [6.45, 7) is 5.41. The molecule has 33 heavy (non-hydrogen) atoms. The van der Waals surface area contributed by atoms with Gasteiger partial charge in [-0.1, -0.05) is 25.1 Å². The fraction of sp³-hybridized carbons (Fsp3) is 0.440. The quantitative estimate of drug-likeness (QED) is 0.486. The van der Waals surface area contributed by atoms with Crippen LogP contribution < -0.4 is 9.47 Å². The van der Waals surface area contributed by atoms with E-state index in [0.29, 0.717) is 34.8 Å². The third-order valence-corrected chi connectivity index (χ3v) is 5.96. The third-order valence-electron chi connectivity index (χ3n) is 5.96. The van der Waals surface area contributed by atoms with Crippen molar-refractivity contribution < 1.29 is 29.3 Å². The number of likely N-dealkylation sites (tertiary alicyclic amines) is 1. The molecule has 0 bridgehead atoms. The minimum atomic E-state index is -0.166. The van der Waals surface area contributed by atoms with Crippen molar-refractivity contribution >= 4 is 11.6 Å². The highest BCUT2D eigenvalue weighted by Gasteiger charge is 2.20. The molecule has 0 saturated carbocycles. The van der Waals surface area contributed by atoms with Crippen LogP contribution in [0.25, 0.3) is 0 Å². The van der Waals surface area contributed by atoms with Crippen molar-refractivity contribution in [1.82, 2.24) is 4.90 Å². The fourth-order valence-electron chi connectivity index (χ4n) is 4.11. The zero-order valence-corrected chi connectivity index (χ0v) is 19.0. The number of carbonyl (C=O) groups is 1. The van der Waals surface area contributed by atoms with E-state index in [1.807, 2.05) is 32.0 Å². The van der Waals surface area contributed by atoms with Gasteiger partial charge in [-0.2, -0.15) is 0 Å². The maximum atomic E-state index is 12.5. The molecule has 0 aromatic heterocycles. The highest BCUT2D eigenvalue weighted by Crippen LogP contribution is 2.35. The molecule has 8 nitrogen and oxygen atoms in total. The Bertz CT molecular complexity index is 1040. The molecule has 2 aromatic rings. The summed E-state index contributed by atoms with van der Waals surface area (Å²) in [6.07, 6.45) is 3.47. The van der Waals surface area contributed by atoms with Crippen molar-refractivity contribution in [3.8, 4) is 23.0 Å². The van der Waals surface area contributed by atoms with Crippen molar-refractivity contribution in [2.24, 2.45) is 5.16 Å². The molecule has 2 aliphatic rings. The zero-order valence-electron chi connectivity index (χ0n) is 19.0. The molecular formula is C25H30N2O6. The topological polar surface area (TPSA) is 101 Å². The van der Waals surface area contributed by atoms with E-state index >= 15 is 0 Å². The molecule has 1 saturated heterocycles. The monoisotopic (exact) mass is 454 g/mol. The second kappa shape index (κ2) is 10.0. The van der Waals surface area contributed by atoms with Gasteiger partial charge in [-0.3, -0.25) is 4.79 Å². The first-order chi connectivity index (χ1) is 15.9. The summed E-state index contributed by atoms with van der Waals surface area (Å²) in [4.78, 5) is 19.8. The van der Waals surface area contributed by atoms with E-state index in [2.05, 4.69) is 5.16 Å². The molecule has 0 unspecified atom stereocenters. The van der Waals surface area contributed by atoms with Crippen molar-refractivity contribution in [2.45, 2.75) is 45.4 Å². The largest absolute Gasteiger partial charge is 0.508 e. The van der Waals surface area contributed by atoms with Crippen LogP contribution in [0.15, 0.2) is 35.5 Å². The van der Waals surface area contributed by atoms with Gasteiger partial charge in [0.2, 0.25) is 6.79 Å². The second-order valence-electron chi connectivity index (χ2n) is 8.70. The Hall–Kier alpha value is -3.42. The molecule has 8 heteroatoms. The Balaban J connectivity index is 1.60. The fourth-order valence-corrected chi connectivity index (χ4v) is 4.11. The number of ether oxygens (including phenoxy) is 2. The van der Waals surface area contributed by atoms with E-state index in [1.165, 1.54) is 6.07 Å². The number of rotatable bonds is 7. The maximum absolute atomic E-state index is 12.5. The van der Waals surface area contributed by atoms with Gasteiger partial charge >= 0.3 is 0 Å². The number of carbonyl (C=O) groups excluding carboxylic acids is 1. The number of nitrogens with zero attached hydrogens (tertiary/aromatic N) is 2. The van der Waals surface area contributed by atoms with Gasteiger partial charge in [-0.05, 0) is 54.5 Å². The molecule has 0 aliphatic carbocycles. The number of piperidine rings is 1. The van der Waals surface area contributed by atoms with Crippen molar-refractivity contribution in [1.29, 1.82) is 0 Å². The molecule has 2 aromatic carbocycles. The minimum absolute atomic E-state index is 0.0230. The highest BCUT2D eigenvalue weighted by atomic mass is 16.7. The van der Waals surface area contributed by atoms with Crippen LogP contribution in [0.2, 0.25) is 0 Å².